The number of nitrogens with zero attached hydrogens (tertiary/aromatic N) is 2. The van der Waals surface area contributed by atoms with Crippen molar-refractivity contribution >= 4 is 41.2 Å². The number of hydrogen-bond donors (Lipinski definition) is 0. The molecule has 0 fully saturated rings. The van der Waals surface area contributed by atoms with Crippen LogP contribution in [-0.4, -0.2) is 48.7 Å². The van der Waals surface area contributed by atoms with Crippen molar-refractivity contribution in [1.29, 1.82) is 0 Å². The average molecular weight is 477 g/mol. The lowest BCUT2D eigenvalue weighted by Crippen LogP contribution is -2.26. The Labute approximate surface area is 198 Å². The largest absolute Gasteiger partial charge is 0.465 e. The van der Waals surface area contributed by atoms with Crippen LogP contribution in [0.4, 0.5) is 0 Å². The fraction of sp³-hybridized carbons (Fsp3) is 0.333. The van der Waals surface area contributed by atoms with Crippen LogP contribution in [0, 0.1) is 13.8 Å². The van der Waals surface area contributed by atoms with E-state index in [4.69, 9.17) is 32.7 Å². The third-order valence-corrected chi connectivity index (χ3v) is 6.11. The number of rotatable bonds is 7. The topological polar surface area (TPSA) is 60.8 Å². The maximum absolute atomic E-state index is 13.2. The Morgan fingerprint density at radius 3 is 2.50 bits per heavy atom. The molecule has 170 valence electrons. The van der Waals surface area contributed by atoms with E-state index in [1.807, 2.05) is 24.5 Å². The number of carbonyl (C=O) groups excluding carboxylic acids is 2. The van der Waals surface area contributed by atoms with E-state index < -0.39 is 5.97 Å². The number of ether oxygens (including phenoxy) is 2. The van der Waals surface area contributed by atoms with Crippen molar-refractivity contribution in [3.05, 3.63) is 68.1 Å². The number of hydrogen-bond acceptors (Lipinski definition) is 4. The Bertz CT molecular complexity index is 1130. The van der Waals surface area contributed by atoms with Crippen molar-refractivity contribution < 1.29 is 19.1 Å². The van der Waals surface area contributed by atoms with Crippen LogP contribution in [0.3, 0.4) is 0 Å². The van der Waals surface area contributed by atoms with E-state index in [1.54, 1.807) is 43.2 Å². The van der Waals surface area contributed by atoms with E-state index in [-0.39, 0.29) is 11.5 Å². The molecule has 0 radical (unpaired) electrons. The highest BCUT2D eigenvalue weighted by atomic mass is 35.5. The first-order valence-electron chi connectivity index (χ1n) is 10.2. The van der Waals surface area contributed by atoms with Crippen LogP contribution in [-0.2, 0) is 19.1 Å². The van der Waals surface area contributed by atoms with Crippen molar-refractivity contribution in [3.8, 4) is 5.69 Å². The Kier molecular flexibility index (Phi) is 7.49. The maximum atomic E-state index is 13.2. The van der Waals surface area contributed by atoms with Crippen LogP contribution in [0.2, 0.25) is 10.0 Å². The lowest BCUT2D eigenvalue weighted by Gasteiger charge is -2.17. The van der Waals surface area contributed by atoms with Gasteiger partial charge in [-0.15, -0.1) is 0 Å². The minimum atomic E-state index is -0.539. The molecule has 0 saturated carbocycles. The number of carbonyl (C=O) groups is 2. The fourth-order valence-corrected chi connectivity index (χ4v) is 4.35. The highest BCUT2D eigenvalue weighted by molar-refractivity contribution is 6.34. The minimum Gasteiger partial charge on any atom is -0.465 e. The van der Waals surface area contributed by atoms with Crippen molar-refractivity contribution in [3.63, 3.8) is 0 Å². The van der Waals surface area contributed by atoms with Gasteiger partial charge in [0.25, 0.3) is 5.91 Å². The molecule has 2 heterocycles. The molecule has 0 bridgehead atoms. The molecule has 0 unspecified atom stereocenters. The number of allylic oxidation sites excluding steroid dienone is 1. The lowest BCUT2D eigenvalue weighted by atomic mass is 10.0. The molecule has 2 aromatic rings. The monoisotopic (exact) mass is 476 g/mol. The van der Waals surface area contributed by atoms with E-state index in [0.717, 1.165) is 22.6 Å². The number of benzene rings is 1. The molecule has 1 aliphatic heterocycles. The van der Waals surface area contributed by atoms with Gasteiger partial charge in [0.15, 0.2) is 0 Å². The summed E-state index contributed by atoms with van der Waals surface area (Å²) in [5.74, 6) is -0.771. The summed E-state index contributed by atoms with van der Waals surface area (Å²) in [6.45, 7) is 6.61. The summed E-state index contributed by atoms with van der Waals surface area (Å²) < 4.78 is 12.0. The molecule has 0 aliphatic carbocycles. The predicted molar refractivity (Wildman–Crippen MR) is 126 cm³/mol. The summed E-state index contributed by atoms with van der Waals surface area (Å²) in [5, 5.41) is 1.13. The van der Waals surface area contributed by atoms with Gasteiger partial charge in [0.05, 0.1) is 29.0 Å². The van der Waals surface area contributed by atoms with E-state index in [9.17, 15) is 9.59 Å². The predicted octanol–water partition coefficient (Wildman–Crippen LogP) is 5.11. The molecule has 3 rings (SSSR count). The molecule has 0 atom stereocenters. The van der Waals surface area contributed by atoms with Gasteiger partial charge in [0.1, 0.15) is 0 Å². The number of aryl methyl sites for hydroxylation is 1. The summed E-state index contributed by atoms with van der Waals surface area (Å²) in [5.41, 5.74) is 4.50. The average Bonchev–Trinajstić information content (AvgIpc) is 3.16. The van der Waals surface area contributed by atoms with Crippen molar-refractivity contribution in [1.82, 2.24) is 9.47 Å². The van der Waals surface area contributed by atoms with Gasteiger partial charge in [-0.25, -0.2) is 4.79 Å². The third kappa shape index (κ3) is 4.49. The van der Waals surface area contributed by atoms with Gasteiger partial charge < -0.3 is 18.9 Å². The Balaban J connectivity index is 2.09. The number of halogens is 2. The molecule has 1 aromatic carbocycles. The standard InChI is InChI=1S/C24H26Cl2N2O4/c1-14-11-17(15(2)28(14)21-13-18(25)7-8-20(21)26)12-19-22(24(30)32-5)16(3)27(23(19)29)9-6-10-31-4/h7-8,11-13H,6,9-10H2,1-5H3/b19-12-. The highest BCUT2D eigenvalue weighted by Crippen LogP contribution is 2.34. The zero-order valence-electron chi connectivity index (χ0n) is 18.8. The van der Waals surface area contributed by atoms with Crippen molar-refractivity contribution in [2.75, 3.05) is 27.4 Å². The first kappa shape index (κ1) is 24.1. The highest BCUT2D eigenvalue weighted by Gasteiger charge is 2.36. The second kappa shape index (κ2) is 9.94. The SMILES string of the molecule is COCCCN1C(=O)/C(=C\c2cc(C)n(-c3cc(Cl)ccc3Cl)c2C)C(C(=O)OC)=C1C. The first-order valence-corrected chi connectivity index (χ1v) is 10.9. The van der Waals surface area contributed by atoms with E-state index in [1.165, 1.54) is 7.11 Å². The second-order valence-corrected chi connectivity index (χ2v) is 8.41. The number of methoxy groups -OCH3 is 2. The Morgan fingerprint density at radius 2 is 1.84 bits per heavy atom. The van der Waals surface area contributed by atoms with Gasteiger partial charge in [0.2, 0.25) is 0 Å². The molecule has 0 saturated heterocycles. The minimum absolute atomic E-state index is 0.232. The van der Waals surface area contributed by atoms with Crippen LogP contribution >= 0.6 is 23.2 Å². The van der Waals surface area contributed by atoms with Gasteiger partial charge in [0, 0.05) is 42.4 Å². The van der Waals surface area contributed by atoms with Gasteiger partial charge in [-0.3, -0.25) is 4.79 Å². The zero-order valence-corrected chi connectivity index (χ0v) is 20.3. The van der Waals surface area contributed by atoms with Crippen LogP contribution < -0.4 is 0 Å². The molecule has 32 heavy (non-hydrogen) atoms. The third-order valence-electron chi connectivity index (χ3n) is 5.55. The van der Waals surface area contributed by atoms with Gasteiger partial charge >= 0.3 is 5.97 Å². The summed E-state index contributed by atoms with van der Waals surface area (Å²) >= 11 is 12.6. The Morgan fingerprint density at radius 1 is 1.12 bits per heavy atom. The van der Waals surface area contributed by atoms with E-state index >= 15 is 0 Å². The van der Waals surface area contributed by atoms with Crippen LogP contribution in [0.25, 0.3) is 11.8 Å². The van der Waals surface area contributed by atoms with Gasteiger partial charge in [-0.05, 0) is 63.1 Å². The van der Waals surface area contributed by atoms with Crippen LogP contribution in [0.1, 0.15) is 30.3 Å². The van der Waals surface area contributed by atoms with Gasteiger partial charge in [-0.2, -0.15) is 0 Å². The Hall–Kier alpha value is -2.54. The summed E-state index contributed by atoms with van der Waals surface area (Å²) in [6.07, 6.45) is 2.40. The smallest absolute Gasteiger partial charge is 0.340 e. The normalized spacial score (nSPS) is 15.3. The molecule has 1 aliphatic rings. The van der Waals surface area contributed by atoms with E-state index in [2.05, 4.69) is 0 Å². The van der Waals surface area contributed by atoms with Crippen LogP contribution in [0.15, 0.2) is 41.1 Å². The molecule has 0 N–H and O–H groups in total. The molecule has 1 aromatic heterocycles. The zero-order chi connectivity index (χ0) is 23.6. The number of esters is 1. The fourth-order valence-electron chi connectivity index (χ4n) is 3.98. The molecule has 1 amide bonds. The molecule has 8 heteroatoms. The molecule has 6 nitrogen and oxygen atoms in total. The van der Waals surface area contributed by atoms with Crippen molar-refractivity contribution in [2.45, 2.75) is 27.2 Å². The molecule has 0 spiro atoms. The number of amides is 1. The first-order chi connectivity index (χ1) is 15.2. The summed E-state index contributed by atoms with van der Waals surface area (Å²) in [7, 11) is 2.92. The number of aromatic nitrogens is 1. The van der Waals surface area contributed by atoms with Crippen molar-refractivity contribution in [2.24, 2.45) is 0 Å². The lowest BCUT2D eigenvalue weighted by molar-refractivity contribution is -0.136. The second-order valence-electron chi connectivity index (χ2n) is 7.57. The van der Waals surface area contributed by atoms with Gasteiger partial charge in [-0.1, -0.05) is 23.2 Å². The summed E-state index contributed by atoms with van der Waals surface area (Å²) in [4.78, 5) is 27.4. The summed E-state index contributed by atoms with van der Waals surface area (Å²) in [6, 6.07) is 7.22. The molecular formula is C24H26Cl2N2O4. The quantitative estimate of drug-likeness (QED) is 0.316. The maximum Gasteiger partial charge on any atom is 0.340 e. The van der Waals surface area contributed by atoms with Crippen LogP contribution in [0.5, 0.6) is 0 Å². The molecular weight excluding hydrogens is 451 g/mol. The van der Waals surface area contributed by atoms with E-state index in [0.29, 0.717) is 40.9 Å².